The molecule has 0 saturated carbocycles. The van der Waals surface area contributed by atoms with Crippen molar-refractivity contribution >= 4 is 40.0 Å². The largest absolute Gasteiger partial charge is 0.358 e. The number of pyridine rings is 1. The number of aromatic nitrogens is 2. The number of hydrogen-bond acceptors (Lipinski definition) is 3. The van der Waals surface area contributed by atoms with Crippen LogP contribution in [0.25, 0.3) is 10.9 Å². The monoisotopic (exact) mass is 342 g/mol. The van der Waals surface area contributed by atoms with Gasteiger partial charge < -0.3 is 15.2 Å². The number of nitrogens with zero attached hydrogens (tertiary/aromatic N) is 2. The lowest BCUT2D eigenvalue weighted by molar-refractivity contribution is -0.121. The van der Waals surface area contributed by atoms with Gasteiger partial charge in [-0.05, 0) is 35.7 Å². The van der Waals surface area contributed by atoms with E-state index in [2.05, 4.69) is 15.6 Å². The van der Waals surface area contributed by atoms with Gasteiger partial charge in [-0.3, -0.25) is 9.59 Å². The zero-order valence-electron chi connectivity index (χ0n) is 12.9. The van der Waals surface area contributed by atoms with Crippen LogP contribution in [0.4, 0.5) is 5.69 Å². The van der Waals surface area contributed by atoms with Gasteiger partial charge in [-0.25, -0.2) is 4.98 Å². The van der Waals surface area contributed by atoms with E-state index in [-0.39, 0.29) is 24.1 Å². The number of amides is 2. The molecule has 2 N–H and O–H groups in total. The molecule has 0 aliphatic rings. The van der Waals surface area contributed by atoms with E-state index in [0.29, 0.717) is 10.7 Å². The number of carbonyl (C=O) groups is 2. The summed E-state index contributed by atoms with van der Waals surface area (Å²) in [5.41, 5.74) is 1.77. The van der Waals surface area contributed by atoms with E-state index in [9.17, 15) is 9.59 Å². The van der Waals surface area contributed by atoms with E-state index < -0.39 is 0 Å². The highest BCUT2D eigenvalue weighted by atomic mass is 35.5. The Balaban J connectivity index is 1.84. The van der Waals surface area contributed by atoms with E-state index in [1.165, 1.54) is 6.20 Å². The van der Waals surface area contributed by atoms with Gasteiger partial charge in [0.05, 0.1) is 10.5 Å². The Hall–Kier alpha value is -2.86. The van der Waals surface area contributed by atoms with Crippen molar-refractivity contribution in [2.75, 3.05) is 12.4 Å². The molecule has 3 aromatic rings. The van der Waals surface area contributed by atoms with Crippen molar-refractivity contribution in [3.63, 3.8) is 0 Å². The standard InChI is InChI=1S/C17H15ClN4O2/c1-19-16(23)10-22-7-6-11-2-4-13(8-15(11)22)21-17(24)14-5-3-12(18)9-20-14/h2-9H,10H2,1H3,(H,19,23)(H,21,24). The van der Waals surface area contributed by atoms with E-state index >= 15 is 0 Å². The number of fused-ring (bicyclic) bond motifs is 1. The second-order valence-corrected chi connectivity index (χ2v) is 5.64. The summed E-state index contributed by atoms with van der Waals surface area (Å²) in [5, 5.41) is 6.85. The summed E-state index contributed by atoms with van der Waals surface area (Å²) in [7, 11) is 1.60. The molecule has 0 unspecified atom stereocenters. The van der Waals surface area contributed by atoms with Crippen molar-refractivity contribution in [1.82, 2.24) is 14.9 Å². The Labute approximate surface area is 143 Å². The third-order valence-electron chi connectivity index (χ3n) is 3.58. The molecule has 0 bridgehead atoms. The molecule has 24 heavy (non-hydrogen) atoms. The van der Waals surface area contributed by atoms with Crippen LogP contribution in [0.5, 0.6) is 0 Å². The maximum absolute atomic E-state index is 12.2. The number of nitrogens with one attached hydrogen (secondary N) is 2. The second-order valence-electron chi connectivity index (χ2n) is 5.21. The van der Waals surface area contributed by atoms with E-state index in [0.717, 1.165) is 10.9 Å². The van der Waals surface area contributed by atoms with Crippen LogP contribution in [-0.2, 0) is 11.3 Å². The third kappa shape index (κ3) is 3.38. The zero-order chi connectivity index (χ0) is 17.1. The fourth-order valence-corrected chi connectivity index (χ4v) is 2.45. The first-order chi connectivity index (χ1) is 11.6. The minimum absolute atomic E-state index is 0.0905. The first-order valence-corrected chi connectivity index (χ1v) is 7.67. The zero-order valence-corrected chi connectivity index (χ0v) is 13.7. The Bertz CT molecular complexity index is 903. The molecular weight excluding hydrogens is 328 g/mol. The van der Waals surface area contributed by atoms with Gasteiger partial charge >= 0.3 is 0 Å². The molecule has 122 valence electrons. The Morgan fingerprint density at radius 3 is 2.75 bits per heavy atom. The summed E-state index contributed by atoms with van der Waals surface area (Å²) in [4.78, 5) is 27.8. The van der Waals surface area contributed by atoms with Gasteiger partial charge in [0, 0.05) is 25.1 Å². The van der Waals surface area contributed by atoms with Crippen LogP contribution < -0.4 is 10.6 Å². The average Bonchev–Trinajstić information content (AvgIpc) is 2.97. The molecule has 0 fully saturated rings. The van der Waals surface area contributed by atoms with Crippen LogP contribution in [0, 0.1) is 0 Å². The average molecular weight is 343 g/mol. The van der Waals surface area contributed by atoms with Crippen LogP contribution in [0.15, 0.2) is 48.8 Å². The fraction of sp³-hybridized carbons (Fsp3) is 0.118. The maximum Gasteiger partial charge on any atom is 0.274 e. The van der Waals surface area contributed by atoms with Crippen molar-refractivity contribution in [2.45, 2.75) is 6.54 Å². The lowest BCUT2D eigenvalue weighted by Gasteiger charge is -2.08. The molecule has 2 heterocycles. The van der Waals surface area contributed by atoms with Gasteiger partial charge in [-0.15, -0.1) is 0 Å². The first-order valence-electron chi connectivity index (χ1n) is 7.29. The second kappa shape index (κ2) is 6.72. The number of hydrogen-bond donors (Lipinski definition) is 2. The lowest BCUT2D eigenvalue weighted by atomic mass is 10.2. The highest BCUT2D eigenvalue weighted by molar-refractivity contribution is 6.30. The molecule has 0 aliphatic heterocycles. The molecule has 0 aliphatic carbocycles. The molecular formula is C17H15ClN4O2. The molecule has 0 saturated heterocycles. The van der Waals surface area contributed by atoms with Crippen LogP contribution in [0.2, 0.25) is 5.02 Å². The van der Waals surface area contributed by atoms with Crippen LogP contribution in [-0.4, -0.2) is 28.4 Å². The summed E-state index contributed by atoms with van der Waals surface area (Å²) in [6.45, 7) is 0.218. The Morgan fingerprint density at radius 2 is 2.04 bits per heavy atom. The van der Waals surface area contributed by atoms with E-state index in [4.69, 9.17) is 11.6 Å². The van der Waals surface area contributed by atoms with E-state index in [1.54, 1.807) is 25.2 Å². The number of rotatable bonds is 4. The van der Waals surface area contributed by atoms with Gasteiger partial charge in [-0.2, -0.15) is 0 Å². The van der Waals surface area contributed by atoms with E-state index in [1.807, 2.05) is 29.0 Å². The van der Waals surface area contributed by atoms with Gasteiger partial charge in [0.25, 0.3) is 5.91 Å². The fourth-order valence-electron chi connectivity index (χ4n) is 2.34. The van der Waals surface area contributed by atoms with Crippen LogP contribution in [0.3, 0.4) is 0 Å². The van der Waals surface area contributed by atoms with Crippen molar-refractivity contribution in [1.29, 1.82) is 0 Å². The molecule has 0 radical (unpaired) electrons. The molecule has 2 amide bonds. The summed E-state index contributed by atoms with van der Waals surface area (Å²) in [6, 6.07) is 10.6. The molecule has 3 rings (SSSR count). The Kier molecular flexibility index (Phi) is 4.48. The van der Waals surface area contributed by atoms with Crippen molar-refractivity contribution in [2.24, 2.45) is 0 Å². The SMILES string of the molecule is CNC(=O)Cn1ccc2ccc(NC(=O)c3ccc(Cl)cn3)cc21. The summed E-state index contributed by atoms with van der Waals surface area (Å²) < 4.78 is 1.82. The van der Waals surface area contributed by atoms with Crippen LogP contribution >= 0.6 is 11.6 Å². The predicted octanol–water partition coefficient (Wildman–Crippen LogP) is 2.69. The number of halogens is 1. The van der Waals surface area contributed by atoms with Crippen LogP contribution in [0.1, 0.15) is 10.5 Å². The summed E-state index contributed by atoms with van der Waals surface area (Å²) in [5.74, 6) is -0.414. The molecule has 6 nitrogen and oxygen atoms in total. The molecule has 0 spiro atoms. The number of carbonyl (C=O) groups excluding carboxylic acids is 2. The molecule has 0 atom stereocenters. The normalized spacial score (nSPS) is 10.6. The number of likely N-dealkylation sites (N-methyl/N-ethyl adjacent to an activating group) is 1. The van der Waals surface area contributed by atoms with Gasteiger partial charge in [0.1, 0.15) is 12.2 Å². The topological polar surface area (TPSA) is 76.0 Å². The third-order valence-corrected chi connectivity index (χ3v) is 3.81. The van der Waals surface area contributed by atoms with Gasteiger partial charge in [0.2, 0.25) is 5.91 Å². The number of anilines is 1. The van der Waals surface area contributed by atoms with Crippen molar-refractivity contribution in [3.05, 3.63) is 59.5 Å². The van der Waals surface area contributed by atoms with Crippen molar-refractivity contribution in [3.8, 4) is 0 Å². The predicted molar refractivity (Wildman–Crippen MR) is 93.2 cm³/mol. The highest BCUT2D eigenvalue weighted by Crippen LogP contribution is 2.21. The molecule has 1 aromatic carbocycles. The minimum atomic E-state index is -0.324. The molecule has 2 aromatic heterocycles. The van der Waals surface area contributed by atoms with Gasteiger partial charge in [0.15, 0.2) is 0 Å². The first kappa shape index (κ1) is 16.0. The Morgan fingerprint density at radius 1 is 1.21 bits per heavy atom. The highest BCUT2D eigenvalue weighted by Gasteiger charge is 2.10. The smallest absolute Gasteiger partial charge is 0.274 e. The van der Waals surface area contributed by atoms with Crippen molar-refractivity contribution < 1.29 is 9.59 Å². The summed E-state index contributed by atoms with van der Waals surface area (Å²) >= 11 is 5.77. The van der Waals surface area contributed by atoms with Gasteiger partial charge in [-0.1, -0.05) is 17.7 Å². The quantitative estimate of drug-likeness (QED) is 0.765. The number of benzene rings is 1. The lowest BCUT2D eigenvalue weighted by Crippen LogP contribution is -2.23. The summed E-state index contributed by atoms with van der Waals surface area (Å²) in [6.07, 6.45) is 3.26. The minimum Gasteiger partial charge on any atom is -0.358 e. The molecule has 7 heteroatoms. The maximum atomic E-state index is 12.2.